The van der Waals surface area contributed by atoms with E-state index in [0.717, 1.165) is 55.8 Å². The lowest BCUT2D eigenvalue weighted by molar-refractivity contribution is -0.777. The van der Waals surface area contributed by atoms with E-state index >= 15 is 0 Å². The zero-order valence-electron chi connectivity index (χ0n) is 27.4. The third-order valence-electron chi connectivity index (χ3n) is 9.63. The molecule has 0 saturated heterocycles. The van der Waals surface area contributed by atoms with Crippen molar-refractivity contribution in [3.05, 3.63) is 106 Å². The van der Waals surface area contributed by atoms with Crippen LogP contribution in [-0.4, -0.2) is 29.1 Å². The fraction of sp³-hybridized carbons (Fsp3) is 0.447. The molecule has 0 saturated carbocycles. The molecule has 2 aromatic rings. The summed E-state index contributed by atoms with van der Waals surface area (Å²) in [6, 6.07) is 17.6. The van der Waals surface area contributed by atoms with Crippen LogP contribution in [0, 0.1) is 0 Å². The van der Waals surface area contributed by atoms with Crippen LogP contribution in [0.2, 0.25) is 0 Å². The van der Waals surface area contributed by atoms with Gasteiger partial charge >= 0.3 is 0 Å². The molecule has 0 atom stereocenters. The van der Waals surface area contributed by atoms with E-state index in [-0.39, 0.29) is 10.8 Å². The summed E-state index contributed by atoms with van der Waals surface area (Å²) in [5.41, 5.74) is 10.2. The molecule has 0 bridgehead atoms. The number of benzene rings is 2. The van der Waals surface area contributed by atoms with Crippen molar-refractivity contribution in [2.24, 2.45) is 0 Å². The molecule has 0 amide bonds. The molecular weight excluding hydrogens is 600 g/mol. The van der Waals surface area contributed by atoms with Gasteiger partial charge in [-0.25, -0.2) is 0 Å². The average molecular weight is 647 g/mol. The second kappa shape index (κ2) is 14.9. The van der Waals surface area contributed by atoms with Crippen LogP contribution in [0.3, 0.4) is 0 Å². The Bertz CT molecular complexity index is 1530. The fourth-order valence-electron chi connectivity index (χ4n) is 7.14. The monoisotopic (exact) mass is 646 g/mol. The van der Waals surface area contributed by atoms with Crippen LogP contribution >= 0.6 is 23.6 Å². The van der Waals surface area contributed by atoms with Crippen LogP contribution in [0.25, 0.3) is 0 Å². The Morgan fingerprint density at radius 2 is 1.67 bits per heavy atom. The van der Waals surface area contributed by atoms with Gasteiger partial charge in [0.15, 0.2) is 5.71 Å². The quantitative estimate of drug-likeness (QED) is 0.0673. The summed E-state index contributed by atoms with van der Waals surface area (Å²) in [5.74, 6) is 0.708. The van der Waals surface area contributed by atoms with Gasteiger partial charge in [-0.2, -0.15) is 8.91 Å². The lowest BCUT2D eigenvalue weighted by Crippen LogP contribution is -2.28. The zero-order valence-corrected chi connectivity index (χ0v) is 29.0. The van der Waals surface area contributed by atoms with Crippen LogP contribution in [0.15, 0.2) is 94.7 Å². The Kier molecular flexibility index (Phi) is 11.1. The number of rotatable bonds is 14. The number of allylic oxidation sites excluding steroid dienone is 8. The first-order chi connectivity index (χ1) is 21.7. The Hall–Kier alpha value is -2.61. The standard InChI is InChI=1S/C38H47ClN2O3S/c1-6-7-12-25-40-32-17-10-8-15-30(32)37(2,3)34(40)23-21-28-19-20-29(36(28)39)22-24-35-38(4,5)31-16-9-11-18-33(31)41(35)26-13-14-27-45-44-43-42/h8-11,15-18,21-24H,6-7,12-14,19-20,25-27H2,1-5H3. The summed E-state index contributed by atoms with van der Waals surface area (Å²) in [5, 5.41) is 14.4. The van der Waals surface area contributed by atoms with E-state index in [0.29, 0.717) is 5.75 Å². The van der Waals surface area contributed by atoms with E-state index in [2.05, 4.69) is 126 Å². The fourth-order valence-corrected chi connectivity index (χ4v) is 7.88. The highest BCUT2D eigenvalue weighted by Gasteiger charge is 2.44. The molecule has 7 heteroatoms. The number of para-hydroxylation sites is 2. The van der Waals surface area contributed by atoms with Gasteiger partial charge in [-0.05, 0) is 74.8 Å². The molecule has 1 aliphatic carbocycles. The number of nitrogens with zero attached hydrogens (tertiary/aromatic N) is 2. The van der Waals surface area contributed by atoms with Crippen molar-refractivity contribution in [1.29, 1.82) is 0 Å². The molecule has 0 N–H and O–H groups in total. The minimum atomic E-state index is -0.125. The van der Waals surface area contributed by atoms with Crippen molar-refractivity contribution in [2.75, 3.05) is 23.7 Å². The molecule has 0 fully saturated rings. The van der Waals surface area contributed by atoms with E-state index in [4.69, 9.17) is 11.6 Å². The van der Waals surface area contributed by atoms with Crippen molar-refractivity contribution >= 4 is 40.7 Å². The molecule has 45 heavy (non-hydrogen) atoms. The van der Waals surface area contributed by atoms with Crippen LogP contribution in [0.5, 0.6) is 0 Å². The molecule has 0 spiro atoms. The van der Waals surface area contributed by atoms with Crippen LogP contribution in [-0.2, 0) is 20.2 Å². The summed E-state index contributed by atoms with van der Waals surface area (Å²) in [7, 11) is 0. The normalized spacial score (nSPS) is 20.4. The second-order valence-corrected chi connectivity index (χ2v) is 14.4. The van der Waals surface area contributed by atoms with Crippen molar-refractivity contribution in [3.8, 4) is 0 Å². The van der Waals surface area contributed by atoms with E-state index in [1.807, 2.05) is 0 Å². The van der Waals surface area contributed by atoms with E-state index < -0.39 is 0 Å². The van der Waals surface area contributed by atoms with Crippen LogP contribution in [0.4, 0.5) is 11.4 Å². The molecule has 240 valence electrons. The van der Waals surface area contributed by atoms with Gasteiger partial charge in [-0.1, -0.05) is 87.3 Å². The summed E-state index contributed by atoms with van der Waals surface area (Å²) in [4.78, 5) is 2.44. The lowest BCUT2D eigenvalue weighted by atomic mass is 9.81. The van der Waals surface area contributed by atoms with Crippen molar-refractivity contribution < 1.29 is 19.2 Å². The van der Waals surface area contributed by atoms with Crippen LogP contribution < -0.4 is 10.2 Å². The van der Waals surface area contributed by atoms with Gasteiger partial charge in [0.1, 0.15) is 6.54 Å². The number of hydrogen-bond donors (Lipinski definition) is 0. The Morgan fingerprint density at radius 1 is 0.911 bits per heavy atom. The number of unbranched alkanes of at least 4 members (excludes halogenated alkanes) is 3. The van der Waals surface area contributed by atoms with Crippen LogP contribution in [0.1, 0.15) is 90.7 Å². The van der Waals surface area contributed by atoms with Gasteiger partial charge in [-0.3, -0.25) is 5.04 Å². The molecular formula is C38H47ClN2O3S. The summed E-state index contributed by atoms with van der Waals surface area (Å²) >= 11 is 8.16. The minimum absolute atomic E-state index is 0.0594. The highest BCUT2D eigenvalue weighted by atomic mass is 35.5. The van der Waals surface area contributed by atoms with Gasteiger partial charge in [0, 0.05) is 70.3 Å². The maximum absolute atomic E-state index is 10.1. The molecule has 5 nitrogen and oxygen atoms in total. The van der Waals surface area contributed by atoms with Gasteiger partial charge in [0.2, 0.25) is 5.69 Å². The van der Waals surface area contributed by atoms with E-state index in [1.165, 1.54) is 64.3 Å². The number of halogens is 1. The molecule has 2 aromatic carbocycles. The molecule has 5 rings (SSSR count). The van der Waals surface area contributed by atoms with Gasteiger partial charge in [0.25, 0.3) is 0 Å². The predicted octanol–water partition coefficient (Wildman–Crippen LogP) is 9.36. The average Bonchev–Trinajstić information content (AvgIpc) is 3.57. The molecule has 3 aliphatic rings. The topological polar surface area (TPSA) is 47.8 Å². The van der Waals surface area contributed by atoms with Crippen molar-refractivity contribution in [2.45, 2.75) is 90.4 Å². The largest absolute Gasteiger partial charge is 0.691 e. The molecule has 0 radical (unpaired) electrons. The first-order valence-corrected chi connectivity index (χ1v) is 17.7. The molecule has 0 aromatic heterocycles. The lowest BCUT2D eigenvalue weighted by Gasteiger charge is -2.27. The van der Waals surface area contributed by atoms with Crippen molar-refractivity contribution in [1.82, 2.24) is 0 Å². The summed E-state index contributed by atoms with van der Waals surface area (Å²) in [6.07, 6.45) is 16.5. The number of fused-ring (bicyclic) bond motifs is 2. The maximum Gasteiger partial charge on any atom is 0.209 e. The van der Waals surface area contributed by atoms with Gasteiger partial charge in [0.05, 0.1) is 5.41 Å². The third-order valence-corrected chi connectivity index (χ3v) is 10.7. The SMILES string of the molecule is CCCCC[N+]1=C(C=CC2=C(Cl)C(=CC=C3N(CCCCSOO[O-])c4ccccc4C3(C)C)CC2)C(C)(C)c2ccccc21. The molecule has 2 heterocycles. The van der Waals surface area contributed by atoms with E-state index in [9.17, 15) is 5.26 Å². The Labute approximate surface area is 279 Å². The van der Waals surface area contributed by atoms with Crippen molar-refractivity contribution in [3.63, 3.8) is 0 Å². The van der Waals surface area contributed by atoms with E-state index in [1.54, 1.807) is 0 Å². The summed E-state index contributed by atoms with van der Waals surface area (Å²) < 4.78 is 6.96. The Morgan fingerprint density at radius 3 is 2.44 bits per heavy atom. The molecule has 2 aliphatic heterocycles. The first-order valence-electron chi connectivity index (χ1n) is 16.4. The first kappa shape index (κ1) is 33.7. The third kappa shape index (κ3) is 7.06. The van der Waals surface area contributed by atoms with Gasteiger partial charge in [-0.15, -0.1) is 0 Å². The van der Waals surface area contributed by atoms with Gasteiger partial charge < -0.3 is 10.2 Å². The highest BCUT2D eigenvalue weighted by molar-refractivity contribution is 7.94. The zero-order chi connectivity index (χ0) is 32.0. The highest BCUT2D eigenvalue weighted by Crippen LogP contribution is 2.48. The molecule has 0 unspecified atom stereocenters. The minimum Gasteiger partial charge on any atom is -0.691 e. The smallest absolute Gasteiger partial charge is 0.209 e. The Balaban J connectivity index is 1.39. The number of hydrogen-bond acceptors (Lipinski definition) is 5. The number of anilines is 1. The maximum atomic E-state index is 10.1. The second-order valence-electron chi connectivity index (χ2n) is 13.3. The summed E-state index contributed by atoms with van der Waals surface area (Å²) in [6.45, 7) is 13.5. The predicted molar refractivity (Wildman–Crippen MR) is 187 cm³/mol.